The van der Waals surface area contributed by atoms with Gasteiger partial charge < -0.3 is 0 Å². The zero-order valence-electron chi connectivity index (χ0n) is 8.16. The number of alkyl halides is 4. The molecule has 0 saturated heterocycles. The summed E-state index contributed by atoms with van der Waals surface area (Å²) < 4.78 is 37.4. The topological polar surface area (TPSA) is 17.1 Å². The summed E-state index contributed by atoms with van der Waals surface area (Å²) in [5.74, 6) is -0.473. The predicted molar refractivity (Wildman–Crippen MR) is 59.3 cm³/mol. The molecule has 0 heterocycles. The number of aryl methyl sites for hydroxylation is 1. The number of carbonyl (C=O) groups excluding carboxylic acids is 1. The lowest BCUT2D eigenvalue weighted by Crippen LogP contribution is -2.10. The van der Waals surface area contributed by atoms with Gasteiger partial charge in [-0.2, -0.15) is 13.2 Å². The smallest absolute Gasteiger partial charge is 0.293 e. The predicted octanol–water partition coefficient (Wildman–Crippen LogP) is 4.24. The molecule has 0 radical (unpaired) electrons. The maximum atomic E-state index is 12.5. The lowest BCUT2D eigenvalue weighted by molar-refractivity contribution is -0.137. The van der Waals surface area contributed by atoms with Gasteiger partial charge in [-0.1, -0.05) is 27.5 Å². The molecule has 88 valence electrons. The zero-order valence-corrected chi connectivity index (χ0v) is 10.5. The summed E-state index contributed by atoms with van der Waals surface area (Å²) in [6, 6.07) is 1.70. The maximum Gasteiger partial charge on any atom is 0.416 e. The molecule has 0 atom stereocenters. The highest BCUT2D eigenvalue weighted by Crippen LogP contribution is 2.34. The van der Waals surface area contributed by atoms with Crippen LogP contribution in [0.3, 0.4) is 0 Å². The van der Waals surface area contributed by atoms with E-state index in [2.05, 4.69) is 15.9 Å². The van der Waals surface area contributed by atoms with Crippen molar-refractivity contribution in [3.8, 4) is 0 Å². The summed E-state index contributed by atoms with van der Waals surface area (Å²) >= 11 is 8.68. The minimum Gasteiger partial charge on any atom is -0.293 e. The first-order valence-electron chi connectivity index (χ1n) is 4.24. The number of rotatable bonds is 2. The number of hydrogen-bond acceptors (Lipinski definition) is 1. The van der Waals surface area contributed by atoms with Crippen molar-refractivity contribution < 1.29 is 18.0 Å². The SMILES string of the molecule is Cc1cc(C(F)(F)F)cc(C(=O)CBr)c1Cl. The van der Waals surface area contributed by atoms with E-state index >= 15 is 0 Å². The van der Waals surface area contributed by atoms with Crippen LogP contribution < -0.4 is 0 Å². The number of carbonyl (C=O) groups is 1. The van der Waals surface area contributed by atoms with Gasteiger partial charge in [0.1, 0.15) is 0 Å². The van der Waals surface area contributed by atoms with Crippen molar-refractivity contribution >= 4 is 33.3 Å². The van der Waals surface area contributed by atoms with Gasteiger partial charge in [-0.15, -0.1) is 0 Å². The molecule has 0 fully saturated rings. The Morgan fingerprint density at radius 2 is 2.00 bits per heavy atom. The van der Waals surface area contributed by atoms with Gasteiger partial charge >= 0.3 is 6.18 Å². The number of benzene rings is 1. The van der Waals surface area contributed by atoms with Crippen molar-refractivity contribution in [2.45, 2.75) is 13.1 Å². The van der Waals surface area contributed by atoms with Crippen molar-refractivity contribution in [2.24, 2.45) is 0 Å². The largest absolute Gasteiger partial charge is 0.416 e. The molecule has 0 aliphatic heterocycles. The molecular weight excluding hydrogens is 308 g/mol. The quantitative estimate of drug-likeness (QED) is 0.589. The standard InChI is InChI=1S/C10H7BrClF3O/c1-5-2-6(10(13,14)15)3-7(9(5)12)8(16)4-11/h2-3H,4H2,1H3. The first-order chi connectivity index (χ1) is 7.27. The van der Waals surface area contributed by atoms with Crippen LogP contribution in [0, 0.1) is 6.92 Å². The van der Waals surface area contributed by atoms with Gasteiger partial charge in [0.15, 0.2) is 5.78 Å². The van der Waals surface area contributed by atoms with E-state index < -0.39 is 17.5 Å². The van der Waals surface area contributed by atoms with Crippen LogP contribution in [-0.2, 0) is 6.18 Å². The Hall–Kier alpha value is -0.550. The molecule has 1 nitrogen and oxygen atoms in total. The summed E-state index contributed by atoms with van der Waals surface area (Å²) in [4.78, 5) is 11.4. The summed E-state index contributed by atoms with van der Waals surface area (Å²) in [7, 11) is 0. The molecule has 16 heavy (non-hydrogen) atoms. The molecule has 0 aromatic heterocycles. The van der Waals surface area contributed by atoms with E-state index in [0.29, 0.717) is 0 Å². The third kappa shape index (κ3) is 2.77. The van der Waals surface area contributed by atoms with Crippen molar-refractivity contribution in [1.82, 2.24) is 0 Å². The summed E-state index contributed by atoms with van der Waals surface area (Å²) in [5.41, 5.74) is -0.731. The molecular formula is C10H7BrClF3O. The minimum absolute atomic E-state index is 0.0620. The first kappa shape index (κ1) is 13.5. The molecule has 1 aromatic carbocycles. The van der Waals surface area contributed by atoms with Crippen molar-refractivity contribution in [1.29, 1.82) is 0 Å². The minimum atomic E-state index is -4.48. The molecule has 1 rings (SSSR count). The molecule has 0 aliphatic rings. The molecule has 6 heteroatoms. The number of halogens is 5. The van der Waals surface area contributed by atoms with Crippen LogP contribution >= 0.6 is 27.5 Å². The van der Waals surface area contributed by atoms with Gasteiger partial charge in [0.05, 0.1) is 15.9 Å². The van der Waals surface area contributed by atoms with E-state index in [4.69, 9.17) is 11.6 Å². The van der Waals surface area contributed by atoms with Crippen molar-refractivity contribution in [3.63, 3.8) is 0 Å². The zero-order chi connectivity index (χ0) is 12.5. The van der Waals surface area contributed by atoms with E-state index in [9.17, 15) is 18.0 Å². The summed E-state index contributed by atoms with van der Waals surface area (Å²) in [5, 5.41) is 0.00505. The Bertz CT molecular complexity index is 429. The average molecular weight is 316 g/mol. The molecule has 0 spiro atoms. The first-order valence-corrected chi connectivity index (χ1v) is 5.74. The second-order valence-electron chi connectivity index (χ2n) is 3.21. The second-order valence-corrected chi connectivity index (χ2v) is 4.15. The Labute approximate surface area is 104 Å². The highest BCUT2D eigenvalue weighted by atomic mass is 79.9. The normalized spacial score (nSPS) is 11.6. The van der Waals surface area contributed by atoms with Gasteiger partial charge in [0.25, 0.3) is 0 Å². The Balaban J connectivity index is 3.39. The molecule has 1 aromatic rings. The van der Waals surface area contributed by atoms with E-state index in [-0.39, 0.29) is 21.5 Å². The Kier molecular flexibility index (Phi) is 4.02. The molecule has 0 N–H and O–H groups in total. The van der Waals surface area contributed by atoms with E-state index in [1.807, 2.05) is 0 Å². The maximum absolute atomic E-state index is 12.5. The lowest BCUT2D eigenvalue weighted by Gasteiger charge is -2.11. The van der Waals surface area contributed by atoms with Gasteiger partial charge in [0.2, 0.25) is 0 Å². The van der Waals surface area contributed by atoms with E-state index in [1.165, 1.54) is 6.92 Å². The van der Waals surface area contributed by atoms with Crippen molar-refractivity contribution in [3.05, 3.63) is 33.8 Å². The Morgan fingerprint density at radius 1 is 1.44 bits per heavy atom. The molecule has 0 aliphatic carbocycles. The van der Waals surface area contributed by atoms with Crippen LogP contribution in [0.5, 0.6) is 0 Å². The Morgan fingerprint density at radius 3 is 2.44 bits per heavy atom. The molecule has 0 amide bonds. The fourth-order valence-electron chi connectivity index (χ4n) is 1.21. The highest BCUT2D eigenvalue weighted by Gasteiger charge is 2.32. The van der Waals surface area contributed by atoms with Crippen LogP contribution in [0.4, 0.5) is 13.2 Å². The summed E-state index contributed by atoms with van der Waals surface area (Å²) in [6.45, 7) is 1.43. The number of hydrogen-bond donors (Lipinski definition) is 0. The fraction of sp³-hybridized carbons (Fsp3) is 0.300. The lowest BCUT2D eigenvalue weighted by atomic mass is 10.0. The van der Waals surface area contributed by atoms with Crippen LogP contribution in [0.2, 0.25) is 5.02 Å². The van der Waals surface area contributed by atoms with Crippen molar-refractivity contribution in [2.75, 3.05) is 5.33 Å². The molecule has 0 unspecified atom stereocenters. The van der Waals surface area contributed by atoms with Crippen LogP contribution in [-0.4, -0.2) is 11.1 Å². The third-order valence-electron chi connectivity index (χ3n) is 2.00. The van der Waals surface area contributed by atoms with Gasteiger partial charge in [-0.05, 0) is 24.6 Å². The molecule has 0 bridgehead atoms. The van der Waals surface area contributed by atoms with Gasteiger partial charge in [-0.25, -0.2) is 0 Å². The van der Waals surface area contributed by atoms with Gasteiger partial charge in [-0.3, -0.25) is 4.79 Å². The monoisotopic (exact) mass is 314 g/mol. The van der Waals surface area contributed by atoms with Gasteiger partial charge in [0, 0.05) is 5.56 Å². The molecule has 0 saturated carbocycles. The fourth-order valence-corrected chi connectivity index (χ4v) is 1.72. The van der Waals surface area contributed by atoms with Crippen LogP contribution in [0.1, 0.15) is 21.5 Å². The van der Waals surface area contributed by atoms with E-state index in [1.54, 1.807) is 0 Å². The highest BCUT2D eigenvalue weighted by molar-refractivity contribution is 9.09. The van der Waals surface area contributed by atoms with E-state index in [0.717, 1.165) is 12.1 Å². The third-order valence-corrected chi connectivity index (χ3v) is 3.01. The number of Topliss-reactive ketones (excluding diaryl/α,β-unsaturated/α-hetero) is 1. The second kappa shape index (κ2) is 4.75. The van der Waals surface area contributed by atoms with Crippen LogP contribution in [0.25, 0.3) is 0 Å². The average Bonchev–Trinajstić information content (AvgIpc) is 2.19. The number of ketones is 1. The summed E-state index contributed by atoms with van der Waals surface area (Å²) in [6.07, 6.45) is -4.48. The van der Waals surface area contributed by atoms with Crippen LogP contribution in [0.15, 0.2) is 12.1 Å².